The van der Waals surface area contributed by atoms with Crippen LogP contribution >= 0.6 is 7.82 Å². The topological polar surface area (TPSA) is 132 Å². The van der Waals surface area contributed by atoms with Crippen LogP contribution in [0.4, 0.5) is 0 Å². The van der Waals surface area contributed by atoms with E-state index in [0.29, 0.717) is 13.0 Å². The molecule has 0 aromatic carbocycles. The highest BCUT2D eigenvalue weighted by Gasteiger charge is 2.26. The van der Waals surface area contributed by atoms with Crippen molar-refractivity contribution in [3.63, 3.8) is 0 Å². The first-order valence-electron chi connectivity index (χ1n) is 26.9. The van der Waals surface area contributed by atoms with Crippen LogP contribution in [0.15, 0.2) is 72.9 Å². The van der Waals surface area contributed by atoms with Crippen molar-refractivity contribution in [2.45, 2.75) is 244 Å². The van der Waals surface area contributed by atoms with Gasteiger partial charge in [-0.2, -0.15) is 0 Å². The number of carbonyl (C=O) groups excluding carboxylic acids is 1. The molecule has 0 aromatic rings. The van der Waals surface area contributed by atoms with Crippen LogP contribution in [0.3, 0.4) is 0 Å². The number of aliphatic hydroxyl groups is 2. The zero-order valence-electron chi connectivity index (χ0n) is 42.4. The van der Waals surface area contributed by atoms with Crippen molar-refractivity contribution in [2.24, 2.45) is 0 Å². The Kier molecular flexibility index (Phi) is 50.6. The Morgan fingerprint density at radius 3 is 1.32 bits per heavy atom. The molecule has 0 aromatic heterocycles. The van der Waals surface area contributed by atoms with E-state index >= 15 is 0 Å². The Bertz CT molecular complexity index is 1260. The molecule has 0 heterocycles. The zero-order chi connectivity index (χ0) is 48.1. The third-order valence-corrected chi connectivity index (χ3v) is 12.3. The van der Waals surface area contributed by atoms with E-state index in [1.165, 1.54) is 122 Å². The standard InChI is InChI=1S/C56H101O9P/c1-3-5-7-9-11-13-15-17-19-21-23-25-26-27-29-31-33-35-37-39-41-43-45-47-49-62-52-55(53-64-66(60,61)63-51-54(58)50-57)65-56(59)48-46-44-42-40-38-36-34-32-30-28-24-22-20-18-16-14-12-10-8-6-4-2/h6,8,12,14,18,20-21,23-24,28,32,34,54-55,57-58H,3-5,7,9-11,13,15-17,19,22,25-27,29-31,33,35-53H2,1-2H3,(H,60,61)/b8-6-,14-12-,20-18-,23-21-,28-24-,34-32-. The molecule has 0 spiro atoms. The van der Waals surface area contributed by atoms with Gasteiger partial charge in [0.05, 0.1) is 26.4 Å². The Morgan fingerprint density at radius 1 is 0.485 bits per heavy atom. The Labute approximate surface area is 405 Å². The van der Waals surface area contributed by atoms with Crippen molar-refractivity contribution >= 4 is 13.8 Å². The minimum Gasteiger partial charge on any atom is -0.457 e. The van der Waals surface area contributed by atoms with Gasteiger partial charge in [-0.25, -0.2) is 4.57 Å². The molecule has 0 aliphatic carbocycles. The summed E-state index contributed by atoms with van der Waals surface area (Å²) in [6, 6.07) is 0. The molecule has 0 rings (SSSR count). The quantitative estimate of drug-likeness (QED) is 0.0236. The number of phosphoric ester groups is 1. The fourth-order valence-corrected chi connectivity index (χ4v) is 8.11. The lowest BCUT2D eigenvalue weighted by atomic mass is 10.0. The summed E-state index contributed by atoms with van der Waals surface area (Å²) in [5.74, 6) is -0.400. The van der Waals surface area contributed by atoms with E-state index in [-0.39, 0.29) is 19.6 Å². The fourth-order valence-electron chi connectivity index (χ4n) is 7.32. The van der Waals surface area contributed by atoms with Crippen molar-refractivity contribution in [1.82, 2.24) is 0 Å². The average Bonchev–Trinajstić information content (AvgIpc) is 3.31. The highest BCUT2D eigenvalue weighted by Crippen LogP contribution is 2.43. The van der Waals surface area contributed by atoms with Gasteiger partial charge in [0, 0.05) is 13.0 Å². The molecule has 3 unspecified atom stereocenters. The molecular weight excluding hydrogens is 848 g/mol. The highest BCUT2D eigenvalue weighted by molar-refractivity contribution is 7.47. The summed E-state index contributed by atoms with van der Waals surface area (Å²) in [6.45, 7) is 3.40. The van der Waals surface area contributed by atoms with Gasteiger partial charge in [-0.15, -0.1) is 0 Å². The molecule has 0 saturated carbocycles. The smallest absolute Gasteiger partial charge is 0.457 e. The molecular formula is C56H101O9P. The predicted molar refractivity (Wildman–Crippen MR) is 279 cm³/mol. The monoisotopic (exact) mass is 949 g/mol. The van der Waals surface area contributed by atoms with Gasteiger partial charge in [-0.1, -0.05) is 215 Å². The lowest BCUT2D eigenvalue weighted by Gasteiger charge is -2.20. The molecule has 66 heavy (non-hydrogen) atoms. The average molecular weight is 949 g/mol. The number of allylic oxidation sites excluding steroid dienone is 12. The van der Waals surface area contributed by atoms with Crippen LogP contribution in [0.2, 0.25) is 0 Å². The summed E-state index contributed by atoms with van der Waals surface area (Å²) < 4.78 is 33.6. The predicted octanol–water partition coefficient (Wildman–Crippen LogP) is 16.0. The van der Waals surface area contributed by atoms with Crippen molar-refractivity contribution in [3.8, 4) is 0 Å². The van der Waals surface area contributed by atoms with E-state index in [0.717, 1.165) is 83.5 Å². The summed E-state index contributed by atoms with van der Waals surface area (Å²) >= 11 is 0. The maximum absolute atomic E-state index is 12.7. The van der Waals surface area contributed by atoms with Crippen LogP contribution < -0.4 is 0 Å². The van der Waals surface area contributed by atoms with E-state index in [2.05, 4.69) is 86.8 Å². The van der Waals surface area contributed by atoms with Gasteiger partial charge in [0.15, 0.2) is 0 Å². The second-order valence-corrected chi connectivity index (χ2v) is 19.3. The summed E-state index contributed by atoms with van der Waals surface area (Å²) in [4.78, 5) is 22.7. The molecule has 0 radical (unpaired) electrons. The molecule has 10 heteroatoms. The van der Waals surface area contributed by atoms with Crippen molar-refractivity contribution in [1.29, 1.82) is 0 Å². The molecule has 0 amide bonds. The van der Waals surface area contributed by atoms with Crippen LogP contribution in [0, 0.1) is 0 Å². The molecule has 0 aliphatic heterocycles. The summed E-state index contributed by atoms with van der Waals surface area (Å²) in [7, 11) is -4.54. The normalized spacial score (nSPS) is 14.3. The largest absolute Gasteiger partial charge is 0.472 e. The van der Waals surface area contributed by atoms with Crippen LogP contribution in [0.5, 0.6) is 0 Å². The Morgan fingerprint density at radius 2 is 0.864 bits per heavy atom. The number of aliphatic hydroxyl groups excluding tert-OH is 2. The van der Waals surface area contributed by atoms with Crippen molar-refractivity contribution in [3.05, 3.63) is 72.9 Å². The van der Waals surface area contributed by atoms with Crippen LogP contribution in [0.25, 0.3) is 0 Å². The van der Waals surface area contributed by atoms with Gasteiger partial charge in [0.25, 0.3) is 0 Å². The van der Waals surface area contributed by atoms with Crippen LogP contribution in [-0.2, 0) is 27.9 Å². The molecule has 384 valence electrons. The molecule has 9 nitrogen and oxygen atoms in total. The van der Waals surface area contributed by atoms with Gasteiger partial charge in [0.1, 0.15) is 12.2 Å². The Hall–Kier alpha value is -2.10. The lowest BCUT2D eigenvalue weighted by Crippen LogP contribution is -2.29. The van der Waals surface area contributed by atoms with E-state index < -0.39 is 39.2 Å². The maximum Gasteiger partial charge on any atom is 0.472 e. The lowest BCUT2D eigenvalue weighted by molar-refractivity contribution is -0.154. The first-order valence-corrected chi connectivity index (χ1v) is 28.4. The highest BCUT2D eigenvalue weighted by atomic mass is 31.2. The first kappa shape index (κ1) is 63.9. The number of hydrogen-bond acceptors (Lipinski definition) is 8. The number of ether oxygens (including phenoxy) is 2. The van der Waals surface area contributed by atoms with Gasteiger partial charge in [-0.3, -0.25) is 13.8 Å². The van der Waals surface area contributed by atoms with Crippen molar-refractivity contribution < 1.29 is 43.0 Å². The summed E-state index contributed by atoms with van der Waals surface area (Å²) in [5, 5.41) is 18.4. The summed E-state index contributed by atoms with van der Waals surface area (Å²) in [6.07, 6.45) is 64.5. The van der Waals surface area contributed by atoms with Crippen LogP contribution in [-0.4, -0.2) is 66.3 Å². The minimum absolute atomic E-state index is 0.0386. The molecule has 0 saturated heterocycles. The second kappa shape index (κ2) is 52.3. The molecule has 3 N–H and O–H groups in total. The number of hydrogen-bond donors (Lipinski definition) is 3. The number of phosphoric acid groups is 1. The molecule has 0 bridgehead atoms. The second-order valence-electron chi connectivity index (χ2n) is 17.9. The fraction of sp³-hybridized carbons (Fsp3) is 0.768. The Balaban J connectivity index is 4.08. The summed E-state index contributed by atoms with van der Waals surface area (Å²) in [5.41, 5.74) is 0. The number of carbonyl (C=O) groups is 1. The van der Waals surface area contributed by atoms with Crippen LogP contribution in [0.1, 0.15) is 232 Å². The van der Waals surface area contributed by atoms with Gasteiger partial charge >= 0.3 is 13.8 Å². The van der Waals surface area contributed by atoms with Crippen molar-refractivity contribution in [2.75, 3.05) is 33.0 Å². The number of unbranched alkanes of at least 4 members (excludes halogenated alkanes) is 25. The third-order valence-electron chi connectivity index (χ3n) is 11.4. The SMILES string of the molecule is CC/C=C\C/C=C\C/C=C\C/C=C\C/C=C\CCCCCCCC(=O)OC(COCCCCCCCCCCCCCC/C=C\CCCCCCCCCC)COP(=O)(O)OCC(O)CO. The van der Waals surface area contributed by atoms with E-state index in [4.69, 9.17) is 23.6 Å². The van der Waals surface area contributed by atoms with E-state index in [1.807, 2.05) is 0 Å². The third kappa shape index (κ3) is 51.3. The van der Waals surface area contributed by atoms with E-state index in [1.54, 1.807) is 0 Å². The first-order chi connectivity index (χ1) is 32.3. The van der Waals surface area contributed by atoms with E-state index in [9.17, 15) is 19.4 Å². The maximum atomic E-state index is 12.7. The van der Waals surface area contributed by atoms with Gasteiger partial charge in [-0.05, 0) is 83.5 Å². The molecule has 3 atom stereocenters. The molecule has 0 fully saturated rings. The number of rotatable bonds is 51. The molecule has 0 aliphatic rings. The minimum atomic E-state index is -4.54. The van der Waals surface area contributed by atoms with Gasteiger partial charge in [0.2, 0.25) is 0 Å². The number of esters is 1. The van der Waals surface area contributed by atoms with Gasteiger partial charge < -0.3 is 24.6 Å². The zero-order valence-corrected chi connectivity index (χ0v) is 43.3.